The number of pyridine rings is 1. The summed E-state index contributed by atoms with van der Waals surface area (Å²) in [6, 6.07) is 6.63. The first-order chi connectivity index (χ1) is 13.9. The first-order valence-corrected chi connectivity index (χ1v) is 10.4. The van der Waals surface area contributed by atoms with Gasteiger partial charge in [-0.1, -0.05) is 6.07 Å². The van der Waals surface area contributed by atoms with E-state index in [0.29, 0.717) is 18.1 Å². The average Bonchev–Trinajstić information content (AvgIpc) is 3.13. The Balaban J connectivity index is 1.73. The molecule has 3 heterocycles. The van der Waals surface area contributed by atoms with Gasteiger partial charge in [-0.15, -0.1) is 5.69 Å². The van der Waals surface area contributed by atoms with Gasteiger partial charge in [-0.05, 0) is 38.1 Å². The highest BCUT2D eigenvalue weighted by Crippen LogP contribution is 2.39. The molecule has 1 aliphatic heterocycles. The molecular weight excluding hydrogens is 399 g/mol. The Morgan fingerprint density at radius 2 is 2.17 bits per heavy atom. The van der Waals surface area contributed by atoms with Crippen molar-refractivity contribution in [2.24, 2.45) is 0 Å². The van der Waals surface area contributed by atoms with Gasteiger partial charge in [-0.25, -0.2) is 17.8 Å². The molecular formula is C19H18FN4O4S-. The van der Waals surface area contributed by atoms with Crippen molar-refractivity contribution in [3.05, 3.63) is 53.3 Å². The van der Waals surface area contributed by atoms with Crippen molar-refractivity contribution in [3.8, 4) is 22.9 Å². The third kappa shape index (κ3) is 3.63. The van der Waals surface area contributed by atoms with Gasteiger partial charge in [0.25, 0.3) is 0 Å². The van der Waals surface area contributed by atoms with Gasteiger partial charge in [-0.3, -0.25) is 4.68 Å². The quantitative estimate of drug-likeness (QED) is 0.626. The SMILES string of the molecule is CCOc1ccc(F)cc1S(=O)(=O)[N-]c1cnc2c(c1)-c1ccnn1[C@@H](C)CO2. The zero-order valence-corrected chi connectivity index (χ0v) is 16.6. The summed E-state index contributed by atoms with van der Waals surface area (Å²) in [6.07, 6.45) is 2.95. The Hall–Kier alpha value is -3.14. The molecule has 0 N–H and O–H groups in total. The number of rotatable bonds is 5. The van der Waals surface area contributed by atoms with Gasteiger partial charge >= 0.3 is 0 Å². The van der Waals surface area contributed by atoms with Crippen molar-refractivity contribution in [1.82, 2.24) is 14.8 Å². The molecule has 0 aliphatic carbocycles. The first-order valence-electron chi connectivity index (χ1n) is 8.96. The fourth-order valence-electron chi connectivity index (χ4n) is 3.08. The molecule has 0 unspecified atom stereocenters. The van der Waals surface area contributed by atoms with Crippen LogP contribution in [-0.4, -0.2) is 36.4 Å². The largest absolute Gasteiger partial charge is 0.571 e. The number of halogens is 1. The van der Waals surface area contributed by atoms with E-state index in [2.05, 4.69) is 14.8 Å². The number of nitrogens with zero attached hydrogens (tertiary/aromatic N) is 4. The molecule has 0 amide bonds. The molecule has 0 spiro atoms. The van der Waals surface area contributed by atoms with E-state index in [0.717, 1.165) is 17.8 Å². The molecule has 0 bridgehead atoms. The Bertz CT molecular complexity index is 1160. The van der Waals surface area contributed by atoms with E-state index >= 15 is 0 Å². The molecule has 0 saturated carbocycles. The highest BCUT2D eigenvalue weighted by Gasteiger charge is 2.22. The fourth-order valence-corrected chi connectivity index (χ4v) is 4.20. The smallest absolute Gasteiger partial charge is 0.222 e. The van der Waals surface area contributed by atoms with E-state index in [9.17, 15) is 12.8 Å². The molecule has 152 valence electrons. The molecule has 1 aliphatic rings. The van der Waals surface area contributed by atoms with Gasteiger partial charge in [0.05, 0.1) is 28.8 Å². The Morgan fingerprint density at radius 3 is 2.97 bits per heavy atom. The number of hydrogen-bond acceptors (Lipinski definition) is 6. The third-order valence-electron chi connectivity index (χ3n) is 4.37. The molecule has 8 nitrogen and oxygen atoms in total. The lowest BCUT2D eigenvalue weighted by molar-refractivity contribution is 0.252. The maximum Gasteiger partial charge on any atom is 0.222 e. The van der Waals surface area contributed by atoms with E-state index in [1.54, 1.807) is 29.9 Å². The van der Waals surface area contributed by atoms with Crippen LogP contribution in [0.4, 0.5) is 10.1 Å². The van der Waals surface area contributed by atoms with Gasteiger partial charge in [-0.2, -0.15) is 5.10 Å². The van der Waals surface area contributed by atoms with E-state index < -0.39 is 15.8 Å². The van der Waals surface area contributed by atoms with Gasteiger partial charge in [0.15, 0.2) is 0 Å². The van der Waals surface area contributed by atoms with E-state index in [1.165, 1.54) is 12.3 Å². The second-order valence-electron chi connectivity index (χ2n) is 6.46. The van der Waals surface area contributed by atoms with Gasteiger partial charge < -0.3 is 14.2 Å². The first kappa shape index (κ1) is 19.2. The Morgan fingerprint density at radius 1 is 1.34 bits per heavy atom. The van der Waals surface area contributed by atoms with Crippen LogP contribution in [0.25, 0.3) is 16.0 Å². The van der Waals surface area contributed by atoms with Crippen molar-refractivity contribution >= 4 is 15.7 Å². The summed E-state index contributed by atoms with van der Waals surface area (Å²) >= 11 is 0. The lowest BCUT2D eigenvalue weighted by Gasteiger charge is -2.24. The molecule has 29 heavy (non-hydrogen) atoms. The van der Waals surface area contributed by atoms with Crippen LogP contribution in [0.15, 0.2) is 47.6 Å². The summed E-state index contributed by atoms with van der Waals surface area (Å²) in [4.78, 5) is 3.88. The van der Waals surface area contributed by atoms with Crippen LogP contribution in [0.1, 0.15) is 19.9 Å². The number of hydrogen-bond donors (Lipinski definition) is 0. The van der Waals surface area contributed by atoms with Crippen LogP contribution >= 0.6 is 0 Å². The summed E-state index contributed by atoms with van der Waals surface area (Å²) in [5, 5.41) is 4.29. The zero-order valence-electron chi connectivity index (χ0n) is 15.7. The molecule has 2 aromatic heterocycles. The maximum atomic E-state index is 13.7. The lowest BCUT2D eigenvalue weighted by atomic mass is 10.2. The molecule has 4 rings (SSSR count). The highest BCUT2D eigenvalue weighted by molar-refractivity contribution is 7.94. The van der Waals surface area contributed by atoms with Gasteiger partial charge in [0.2, 0.25) is 5.88 Å². The van der Waals surface area contributed by atoms with Gasteiger partial charge in [0.1, 0.15) is 28.2 Å². The predicted molar refractivity (Wildman–Crippen MR) is 103 cm³/mol. The van der Waals surface area contributed by atoms with Crippen LogP contribution < -0.4 is 9.47 Å². The number of fused-ring (bicyclic) bond motifs is 3. The second-order valence-corrected chi connectivity index (χ2v) is 8.03. The molecule has 1 atom stereocenters. The summed E-state index contributed by atoms with van der Waals surface area (Å²) < 4.78 is 56.0. The van der Waals surface area contributed by atoms with E-state index in [-0.39, 0.29) is 29.0 Å². The number of aromatic nitrogens is 3. The van der Waals surface area contributed by atoms with Crippen molar-refractivity contribution in [1.29, 1.82) is 0 Å². The number of sulfonamides is 1. The predicted octanol–water partition coefficient (Wildman–Crippen LogP) is 3.83. The number of benzene rings is 1. The maximum absolute atomic E-state index is 13.7. The minimum Gasteiger partial charge on any atom is -0.571 e. The topological polar surface area (TPSA) is 97.4 Å². The minimum absolute atomic E-state index is 0.0145. The zero-order chi connectivity index (χ0) is 20.6. The molecule has 0 saturated heterocycles. The van der Waals surface area contributed by atoms with E-state index in [1.807, 2.05) is 6.92 Å². The van der Waals surface area contributed by atoms with Crippen LogP contribution in [0.5, 0.6) is 11.6 Å². The third-order valence-corrected chi connectivity index (χ3v) is 5.70. The van der Waals surface area contributed by atoms with Crippen molar-refractivity contribution in [3.63, 3.8) is 0 Å². The minimum atomic E-state index is -4.24. The average molecular weight is 417 g/mol. The normalized spacial score (nSPS) is 15.6. The summed E-state index contributed by atoms with van der Waals surface area (Å²) in [7, 11) is -4.24. The van der Waals surface area contributed by atoms with Crippen molar-refractivity contribution in [2.45, 2.75) is 24.8 Å². The molecule has 1 aromatic carbocycles. The summed E-state index contributed by atoms with van der Waals surface area (Å²) in [6.45, 7) is 4.27. The van der Waals surface area contributed by atoms with Crippen LogP contribution in [0.2, 0.25) is 0 Å². The van der Waals surface area contributed by atoms with Crippen molar-refractivity contribution < 1.29 is 22.3 Å². The van der Waals surface area contributed by atoms with Crippen LogP contribution in [-0.2, 0) is 10.0 Å². The van der Waals surface area contributed by atoms with Crippen molar-refractivity contribution in [2.75, 3.05) is 13.2 Å². The van der Waals surface area contributed by atoms with Crippen LogP contribution in [0.3, 0.4) is 0 Å². The molecule has 3 aromatic rings. The van der Waals surface area contributed by atoms with Crippen LogP contribution in [0, 0.1) is 5.82 Å². The fraction of sp³-hybridized carbons (Fsp3) is 0.263. The highest BCUT2D eigenvalue weighted by atomic mass is 32.2. The Kier molecular flexibility index (Phi) is 4.87. The van der Waals surface area contributed by atoms with E-state index in [4.69, 9.17) is 9.47 Å². The molecule has 0 fully saturated rings. The van der Waals surface area contributed by atoms with Gasteiger partial charge in [0, 0.05) is 12.4 Å². The monoisotopic (exact) mass is 417 g/mol. The Labute approximate surface area is 167 Å². The number of ether oxygens (including phenoxy) is 2. The second kappa shape index (κ2) is 7.36. The summed E-state index contributed by atoms with van der Waals surface area (Å²) in [5.74, 6) is -0.294. The lowest BCUT2D eigenvalue weighted by Crippen LogP contribution is -2.13. The standard InChI is InChI=1S/C19H18FN4O4S/c1-3-27-17-5-4-13(20)8-18(17)29(25,26)23-14-9-15-16-6-7-22-24(16)12(2)11-28-19(15)21-10-14/h4-10,12H,3,11H2,1-2H3/q-1/t12-/m0/s1. The summed E-state index contributed by atoms with van der Waals surface area (Å²) in [5.41, 5.74) is 1.40. The molecule has 0 radical (unpaired) electrons. The molecule has 10 heteroatoms.